The van der Waals surface area contributed by atoms with Crippen molar-refractivity contribution in [1.29, 1.82) is 0 Å². The molecule has 0 aromatic heterocycles. The van der Waals surface area contributed by atoms with Gasteiger partial charge in [0.05, 0.1) is 13.2 Å². The van der Waals surface area contributed by atoms with Gasteiger partial charge in [-0.2, -0.15) is 8.78 Å². The third-order valence-electron chi connectivity index (χ3n) is 3.08. The van der Waals surface area contributed by atoms with Gasteiger partial charge in [0.15, 0.2) is 0 Å². The Hall–Kier alpha value is -2.14. The number of alkyl halides is 2. The lowest BCUT2D eigenvalue weighted by Gasteiger charge is -2.12. The second-order valence-electron chi connectivity index (χ2n) is 4.52. The largest absolute Gasteiger partial charge is 0.497 e. The predicted octanol–water partition coefficient (Wildman–Crippen LogP) is 3.57. The van der Waals surface area contributed by atoms with Gasteiger partial charge < -0.3 is 14.6 Å². The van der Waals surface area contributed by atoms with Gasteiger partial charge in [0.1, 0.15) is 11.5 Å². The van der Waals surface area contributed by atoms with Crippen LogP contribution in [0.25, 0.3) is 0 Å². The molecule has 21 heavy (non-hydrogen) atoms. The minimum atomic E-state index is -2.85. The Kier molecular flexibility index (Phi) is 5.11. The monoisotopic (exact) mass is 294 g/mol. The maximum atomic E-state index is 12.0. The number of methoxy groups -OCH3 is 1. The summed E-state index contributed by atoms with van der Waals surface area (Å²) >= 11 is 0. The van der Waals surface area contributed by atoms with Crippen LogP contribution >= 0.6 is 0 Å². The number of hydrogen-bond acceptors (Lipinski definition) is 3. The van der Waals surface area contributed by atoms with Crippen molar-refractivity contribution in [1.82, 2.24) is 0 Å². The summed E-state index contributed by atoms with van der Waals surface area (Å²) in [5, 5.41) is 10.2. The number of hydrogen-bond donors (Lipinski definition) is 1. The summed E-state index contributed by atoms with van der Waals surface area (Å²) in [7, 11) is 1.59. The number of benzene rings is 2. The Morgan fingerprint density at radius 2 is 1.52 bits per heavy atom. The number of rotatable bonds is 6. The lowest BCUT2D eigenvalue weighted by molar-refractivity contribution is -0.0498. The maximum Gasteiger partial charge on any atom is 0.387 e. The average molecular weight is 294 g/mol. The van der Waals surface area contributed by atoms with Crippen LogP contribution in [0.15, 0.2) is 48.5 Å². The van der Waals surface area contributed by atoms with Gasteiger partial charge in [-0.15, -0.1) is 0 Å². The lowest BCUT2D eigenvalue weighted by atomic mass is 10.0. The fourth-order valence-electron chi connectivity index (χ4n) is 1.97. The zero-order valence-corrected chi connectivity index (χ0v) is 11.5. The number of halogens is 2. The van der Waals surface area contributed by atoms with E-state index in [-0.39, 0.29) is 5.75 Å². The van der Waals surface area contributed by atoms with Crippen LogP contribution in [-0.4, -0.2) is 18.8 Å². The van der Waals surface area contributed by atoms with Gasteiger partial charge in [-0.3, -0.25) is 0 Å². The summed E-state index contributed by atoms with van der Waals surface area (Å²) in [6.45, 7) is -2.85. The van der Waals surface area contributed by atoms with Crippen LogP contribution in [0.3, 0.4) is 0 Å². The first kappa shape index (κ1) is 15.3. The van der Waals surface area contributed by atoms with Crippen molar-refractivity contribution in [2.24, 2.45) is 0 Å². The summed E-state index contributed by atoms with van der Waals surface area (Å²) in [5.41, 5.74) is 1.60. The molecule has 1 N–H and O–H groups in total. The molecule has 0 bridgehead atoms. The first-order chi connectivity index (χ1) is 10.1. The molecule has 0 saturated carbocycles. The first-order valence-electron chi connectivity index (χ1n) is 6.44. The molecule has 0 aliphatic rings. The van der Waals surface area contributed by atoms with Gasteiger partial charge in [0.25, 0.3) is 0 Å². The van der Waals surface area contributed by atoms with Crippen LogP contribution in [0.4, 0.5) is 8.78 Å². The topological polar surface area (TPSA) is 38.7 Å². The minimum Gasteiger partial charge on any atom is -0.497 e. The summed E-state index contributed by atoms with van der Waals surface area (Å²) in [6, 6.07) is 13.4. The van der Waals surface area contributed by atoms with Crippen molar-refractivity contribution in [3.8, 4) is 11.5 Å². The van der Waals surface area contributed by atoms with Crippen molar-refractivity contribution in [3.63, 3.8) is 0 Å². The highest BCUT2D eigenvalue weighted by molar-refractivity contribution is 5.31. The number of ether oxygens (including phenoxy) is 2. The Morgan fingerprint density at radius 3 is 2.05 bits per heavy atom. The second-order valence-corrected chi connectivity index (χ2v) is 4.52. The molecule has 0 aliphatic heterocycles. The van der Waals surface area contributed by atoms with Crippen molar-refractivity contribution in [3.05, 3.63) is 59.7 Å². The highest BCUT2D eigenvalue weighted by Gasteiger charge is 2.10. The van der Waals surface area contributed by atoms with Crippen molar-refractivity contribution in [2.45, 2.75) is 19.1 Å². The molecule has 0 heterocycles. The predicted molar refractivity (Wildman–Crippen MR) is 74.7 cm³/mol. The molecule has 112 valence electrons. The zero-order valence-electron chi connectivity index (χ0n) is 11.5. The van der Waals surface area contributed by atoms with E-state index >= 15 is 0 Å². The Labute approximate surface area is 121 Å². The van der Waals surface area contributed by atoms with Crippen LogP contribution in [0, 0.1) is 0 Å². The van der Waals surface area contributed by atoms with Gasteiger partial charge >= 0.3 is 6.61 Å². The third-order valence-corrected chi connectivity index (χ3v) is 3.08. The molecule has 3 nitrogen and oxygen atoms in total. The molecule has 0 saturated heterocycles. The van der Waals surface area contributed by atoms with Gasteiger partial charge in [0, 0.05) is 6.42 Å². The van der Waals surface area contributed by atoms with Crippen molar-refractivity contribution in [2.75, 3.05) is 7.11 Å². The fourth-order valence-corrected chi connectivity index (χ4v) is 1.97. The molecule has 0 fully saturated rings. The summed E-state index contributed by atoms with van der Waals surface area (Å²) in [6.07, 6.45) is -0.280. The quantitative estimate of drug-likeness (QED) is 0.885. The standard InChI is InChI=1S/C16H16F2O3/c1-20-13-6-2-11(3-7-13)10-15(19)12-4-8-14(9-5-12)21-16(17)18/h2-9,15-16,19H,10H2,1H3. The summed E-state index contributed by atoms with van der Waals surface area (Å²) in [5.74, 6) is 0.826. The summed E-state index contributed by atoms with van der Waals surface area (Å²) < 4.78 is 33.4. The zero-order chi connectivity index (χ0) is 15.2. The fraction of sp³-hybridized carbons (Fsp3) is 0.250. The van der Waals surface area contributed by atoms with Crippen molar-refractivity contribution < 1.29 is 23.4 Å². The van der Waals surface area contributed by atoms with Crippen LogP contribution in [0.1, 0.15) is 17.2 Å². The SMILES string of the molecule is COc1ccc(CC(O)c2ccc(OC(F)F)cc2)cc1. The highest BCUT2D eigenvalue weighted by atomic mass is 19.3. The van der Waals surface area contributed by atoms with E-state index in [0.29, 0.717) is 12.0 Å². The van der Waals surface area contributed by atoms with Gasteiger partial charge in [-0.1, -0.05) is 24.3 Å². The molecular formula is C16H16F2O3. The minimum absolute atomic E-state index is 0.0744. The average Bonchev–Trinajstić information content (AvgIpc) is 2.48. The van der Waals surface area contributed by atoms with E-state index in [4.69, 9.17) is 4.74 Å². The second kappa shape index (κ2) is 7.04. The normalized spacial score (nSPS) is 12.2. The van der Waals surface area contributed by atoms with Gasteiger partial charge in [-0.05, 0) is 35.4 Å². The maximum absolute atomic E-state index is 12.0. The molecule has 2 aromatic carbocycles. The van der Waals surface area contributed by atoms with E-state index in [2.05, 4.69) is 4.74 Å². The molecular weight excluding hydrogens is 278 g/mol. The molecule has 2 rings (SSSR count). The van der Waals surface area contributed by atoms with Crippen molar-refractivity contribution >= 4 is 0 Å². The molecule has 1 unspecified atom stereocenters. The Morgan fingerprint density at radius 1 is 0.952 bits per heavy atom. The van der Waals surface area contributed by atoms with E-state index in [0.717, 1.165) is 11.3 Å². The van der Waals surface area contributed by atoms with E-state index < -0.39 is 12.7 Å². The van der Waals surface area contributed by atoms with E-state index in [1.807, 2.05) is 24.3 Å². The van der Waals surface area contributed by atoms with Crippen LogP contribution in [-0.2, 0) is 6.42 Å². The lowest BCUT2D eigenvalue weighted by Crippen LogP contribution is -2.04. The molecule has 0 spiro atoms. The Balaban J connectivity index is 2.00. The molecule has 0 radical (unpaired) electrons. The van der Waals surface area contributed by atoms with Crippen LogP contribution in [0.5, 0.6) is 11.5 Å². The smallest absolute Gasteiger partial charge is 0.387 e. The van der Waals surface area contributed by atoms with E-state index in [1.165, 1.54) is 12.1 Å². The number of aliphatic hydroxyl groups is 1. The van der Waals surface area contributed by atoms with Gasteiger partial charge in [-0.25, -0.2) is 0 Å². The van der Waals surface area contributed by atoms with Crippen LogP contribution < -0.4 is 9.47 Å². The number of aliphatic hydroxyl groups excluding tert-OH is 1. The first-order valence-corrected chi connectivity index (χ1v) is 6.44. The molecule has 2 aromatic rings. The Bertz CT molecular complexity index is 553. The molecule has 1 atom stereocenters. The third kappa shape index (κ3) is 4.43. The molecule has 5 heteroatoms. The molecule has 0 amide bonds. The molecule has 0 aliphatic carbocycles. The highest BCUT2D eigenvalue weighted by Crippen LogP contribution is 2.23. The van der Waals surface area contributed by atoms with E-state index in [9.17, 15) is 13.9 Å². The van der Waals surface area contributed by atoms with E-state index in [1.54, 1.807) is 19.2 Å². The van der Waals surface area contributed by atoms with Gasteiger partial charge in [0.2, 0.25) is 0 Å². The summed E-state index contributed by atoms with van der Waals surface area (Å²) in [4.78, 5) is 0. The van der Waals surface area contributed by atoms with Crippen LogP contribution in [0.2, 0.25) is 0 Å².